The van der Waals surface area contributed by atoms with Gasteiger partial charge in [-0.2, -0.15) is 0 Å². The molecule has 0 fully saturated rings. The highest BCUT2D eigenvalue weighted by Crippen LogP contribution is 2.34. The van der Waals surface area contributed by atoms with E-state index < -0.39 is 20.0 Å². The third kappa shape index (κ3) is 5.03. The van der Waals surface area contributed by atoms with E-state index in [9.17, 15) is 16.8 Å². The van der Waals surface area contributed by atoms with Crippen LogP contribution in [0.25, 0.3) is 0 Å². The maximum Gasteiger partial charge on any atom is 0.261 e. The highest BCUT2D eigenvalue weighted by molar-refractivity contribution is 7.99. The average Bonchev–Trinajstić information content (AvgIpc) is 2.64. The van der Waals surface area contributed by atoms with Crippen molar-refractivity contribution in [3.63, 3.8) is 0 Å². The molecule has 28 heavy (non-hydrogen) atoms. The predicted octanol–water partition coefficient (Wildman–Crippen LogP) is 3.33. The van der Waals surface area contributed by atoms with Crippen molar-refractivity contribution in [1.29, 1.82) is 0 Å². The number of primary sulfonamides is 1. The highest BCUT2D eigenvalue weighted by Gasteiger charge is 2.17. The molecule has 0 aliphatic heterocycles. The Labute approximate surface area is 172 Å². The SMILES string of the molecule is NS(=O)(=O)c1ccc(S(=O)(=O)Nc2ccc(Sc3ccccn3)c(Cl)c2)cc1. The molecule has 3 N–H and O–H groups in total. The van der Waals surface area contributed by atoms with E-state index in [1.807, 2.05) is 12.1 Å². The number of sulfonamides is 2. The van der Waals surface area contributed by atoms with Gasteiger partial charge in [0.15, 0.2) is 0 Å². The predicted molar refractivity (Wildman–Crippen MR) is 108 cm³/mol. The third-order valence-electron chi connectivity index (χ3n) is 3.50. The largest absolute Gasteiger partial charge is 0.280 e. The summed E-state index contributed by atoms with van der Waals surface area (Å²) < 4.78 is 50.0. The van der Waals surface area contributed by atoms with E-state index in [1.54, 1.807) is 24.4 Å². The number of nitrogens with two attached hydrogens (primary N) is 1. The van der Waals surface area contributed by atoms with Crippen molar-refractivity contribution in [3.05, 3.63) is 71.9 Å². The molecule has 0 atom stereocenters. The molecule has 2 aromatic carbocycles. The molecule has 0 saturated heterocycles. The highest BCUT2D eigenvalue weighted by atomic mass is 35.5. The van der Waals surface area contributed by atoms with E-state index in [1.165, 1.54) is 17.8 Å². The summed E-state index contributed by atoms with van der Waals surface area (Å²) in [7, 11) is -7.83. The Morgan fingerprint density at radius 3 is 2.18 bits per heavy atom. The van der Waals surface area contributed by atoms with Gasteiger partial charge in [-0.1, -0.05) is 29.4 Å². The number of hydrogen-bond acceptors (Lipinski definition) is 6. The van der Waals surface area contributed by atoms with Gasteiger partial charge >= 0.3 is 0 Å². The van der Waals surface area contributed by atoms with Crippen LogP contribution in [0.4, 0.5) is 5.69 Å². The molecule has 0 aliphatic rings. The Kier molecular flexibility index (Phi) is 5.96. The zero-order chi connectivity index (χ0) is 20.4. The van der Waals surface area contributed by atoms with Crippen molar-refractivity contribution in [2.75, 3.05) is 4.72 Å². The first-order valence-electron chi connectivity index (χ1n) is 7.69. The Bertz CT molecular complexity index is 1200. The average molecular weight is 456 g/mol. The molecule has 0 bridgehead atoms. The second-order valence-electron chi connectivity index (χ2n) is 5.54. The molecular formula is C17H14ClN3O4S3. The maximum absolute atomic E-state index is 12.5. The molecule has 11 heteroatoms. The van der Waals surface area contributed by atoms with Crippen molar-refractivity contribution in [3.8, 4) is 0 Å². The first-order valence-corrected chi connectivity index (χ1v) is 11.9. The minimum absolute atomic E-state index is 0.108. The monoisotopic (exact) mass is 455 g/mol. The molecule has 0 amide bonds. The van der Waals surface area contributed by atoms with Crippen LogP contribution in [0.2, 0.25) is 5.02 Å². The summed E-state index contributed by atoms with van der Waals surface area (Å²) >= 11 is 7.61. The number of halogens is 1. The van der Waals surface area contributed by atoms with Crippen LogP contribution in [0.3, 0.4) is 0 Å². The fourth-order valence-corrected chi connectivity index (χ4v) is 4.83. The van der Waals surface area contributed by atoms with E-state index >= 15 is 0 Å². The number of aromatic nitrogens is 1. The quantitative estimate of drug-likeness (QED) is 0.588. The Balaban J connectivity index is 1.80. The summed E-state index contributed by atoms with van der Waals surface area (Å²) in [6, 6.07) is 14.8. The number of pyridine rings is 1. The maximum atomic E-state index is 12.5. The first kappa shape index (κ1) is 20.6. The minimum Gasteiger partial charge on any atom is -0.280 e. The van der Waals surface area contributed by atoms with Crippen LogP contribution in [0, 0.1) is 0 Å². The van der Waals surface area contributed by atoms with Gasteiger partial charge in [-0.3, -0.25) is 4.72 Å². The van der Waals surface area contributed by atoms with Crippen molar-refractivity contribution in [2.24, 2.45) is 5.14 Å². The molecule has 1 aromatic heterocycles. The van der Waals surface area contributed by atoms with Crippen molar-refractivity contribution in [2.45, 2.75) is 19.7 Å². The molecule has 0 aliphatic carbocycles. The summed E-state index contributed by atoms with van der Waals surface area (Å²) in [6.07, 6.45) is 1.67. The van der Waals surface area contributed by atoms with E-state index in [4.69, 9.17) is 16.7 Å². The molecule has 7 nitrogen and oxygen atoms in total. The second kappa shape index (κ2) is 8.10. The summed E-state index contributed by atoms with van der Waals surface area (Å²) in [4.78, 5) is 4.64. The van der Waals surface area contributed by atoms with Gasteiger partial charge in [0.2, 0.25) is 10.0 Å². The fraction of sp³-hybridized carbons (Fsp3) is 0. The van der Waals surface area contributed by atoms with Gasteiger partial charge in [-0.25, -0.2) is 27.0 Å². The van der Waals surface area contributed by atoms with Crippen LogP contribution in [-0.2, 0) is 20.0 Å². The number of nitrogens with zero attached hydrogens (tertiary/aromatic N) is 1. The number of rotatable bonds is 6. The van der Waals surface area contributed by atoms with Crippen molar-refractivity contribution < 1.29 is 16.8 Å². The lowest BCUT2D eigenvalue weighted by Crippen LogP contribution is -2.15. The molecular weight excluding hydrogens is 442 g/mol. The summed E-state index contributed by atoms with van der Waals surface area (Å²) in [5.74, 6) is 0. The number of anilines is 1. The Hall–Kier alpha value is -2.11. The molecule has 3 rings (SSSR count). The van der Waals surface area contributed by atoms with E-state index in [0.717, 1.165) is 34.2 Å². The molecule has 0 saturated carbocycles. The molecule has 1 heterocycles. The summed E-state index contributed by atoms with van der Waals surface area (Å²) in [5.41, 5.74) is 0.269. The lowest BCUT2D eigenvalue weighted by molar-refractivity contribution is 0.595. The fourth-order valence-electron chi connectivity index (χ4n) is 2.19. The third-order valence-corrected chi connectivity index (χ3v) is 7.28. The van der Waals surface area contributed by atoms with Gasteiger partial charge in [0.1, 0.15) is 5.03 Å². The summed E-state index contributed by atoms with van der Waals surface area (Å²) in [6.45, 7) is 0. The molecule has 0 radical (unpaired) electrons. The van der Waals surface area contributed by atoms with Gasteiger partial charge in [0, 0.05) is 11.1 Å². The normalized spacial score (nSPS) is 11.9. The van der Waals surface area contributed by atoms with Gasteiger partial charge < -0.3 is 0 Å². The lowest BCUT2D eigenvalue weighted by atomic mass is 10.3. The van der Waals surface area contributed by atoms with E-state index in [0.29, 0.717) is 5.02 Å². The lowest BCUT2D eigenvalue weighted by Gasteiger charge is -2.10. The number of benzene rings is 2. The van der Waals surface area contributed by atoms with Crippen LogP contribution >= 0.6 is 23.4 Å². The molecule has 146 valence electrons. The number of nitrogens with one attached hydrogen (secondary N) is 1. The van der Waals surface area contributed by atoms with Crippen LogP contribution in [0.1, 0.15) is 0 Å². The standard InChI is InChI=1S/C17H14ClN3O4S3/c18-15-11-12(4-9-16(15)26-17-3-1-2-10-20-17)21-28(24,25)14-7-5-13(6-8-14)27(19,22)23/h1-11,21H,(H2,19,22,23). The van der Waals surface area contributed by atoms with Crippen LogP contribution < -0.4 is 9.86 Å². The zero-order valence-corrected chi connectivity index (χ0v) is 17.3. The van der Waals surface area contributed by atoms with Crippen molar-refractivity contribution in [1.82, 2.24) is 4.98 Å². The van der Waals surface area contributed by atoms with E-state index in [2.05, 4.69) is 9.71 Å². The molecule has 0 spiro atoms. The minimum atomic E-state index is -3.93. The summed E-state index contributed by atoms with van der Waals surface area (Å²) in [5, 5.41) is 6.13. The van der Waals surface area contributed by atoms with Crippen molar-refractivity contribution >= 4 is 49.1 Å². The second-order valence-corrected chi connectivity index (χ2v) is 10.3. The van der Waals surface area contributed by atoms with Gasteiger partial charge in [-0.15, -0.1) is 0 Å². The van der Waals surface area contributed by atoms with Crippen LogP contribution in [0.15, 0.2) is 86.6 Å². The van der Waals surface area contributed by atoms with Crippen LogP contribution in [-0.4, -0.2) is 21.8 Å². The zero-order valence-electron chi connectivity index (χ0n) is 14.1. The van der Waals surface area contributed by atoms with Gasteiger partial charge in [0.25, 0.3) is 10.0 Å². The Morgan fingerprint density at radius 1 is 0.929 bits per heavy atom. The smallest absolute Gasteiger partial charge is 0.261 e. The Morgan fingerprint density at radius 2 is 1.61 bits per heavy atom. The van der Waals surface area contributed by atoms with E-state index in [-0.39, 0.29) is 15.5 Å². The topological polar surface area (TPSA) is 119 Å². The molecule has 0 unspecified atom stereocenters. The van der Waals surface area contributed by atoms with Gasteiger partial charge in [-0.05, 0) is 54.6 Å². The molecule has 3 aromatic rings. The van der Waals surface area contributed by atoms with Gasteiger partial charge in [0.05, 0.1) is 20.5 Å². The number of hydrogen-bond donors (Lipinski definition) is 2. The van der Waals surface area contributed by atoms with Crippen LogP contribution in [0.5, 0.6) is 0 Å². The first-order chi connectivity index (χ1) is 13.1.